The van der Waals surface area contributed by atoms with Crippen molar-refractivity contribution < 1.29 is 0 Å². The van der Waals surface area contributed by atoms with Gasteiger partial charge in [0, 0.05) is 66.9 Å². The average molecular weight is 928 g/mol. The molecule has 0 fully saturated rings. The summed E-state index contributed by atoms with van der Waals surface area (Å²) < 4.78 is 2.61. The van der Waals surface area contributed by atoms with Gasteiger partial charge < -0.3 is 14.7 Å². The lowest BCUT2D eigenvalue weighted by Crippen LogP contribution is -2.15. The molecule has 0 saturated carbocycles. The molecular formula is C67H49N3S. The number of fused-ring (bicyclic) bond motifs is 3. The molecule has 4 heteroatoms. The van der Waals surface area contributed by atoms with Crippen molar-refractivity contribution in [2.24, 2.45) is 0 Å². The molecule has 0 aliphatic heterocycles. The van der Waals surface area contributed by atoms with Crippen LogP contribution in [0.3, 0.4) is 0 Å². The zero-order valence-electron chi connectivity index (χ0n) is 39.3. The van der Waals surface area contributed by atoms with Gasteiger partial charge in [0.05, 0.1) is 11.4 Å². The summed E-state index contributed by atoms with van der Waals surface area (Å²) in [6.45, 7) is 0. The van der Waals surface area contributed by atoms with Crippen molar-refractivity contribution >= 4 is 77.0 Å². The molecule has 3 nitrogen and oxygen atoms in total. The van der Waals surface area contributed by atoms with Gasteiger partial charge in [0.1, 0.15) is 0 Å². The van der Waals surface area contributed by atoms with E-state index < -0.39 is 0 Å². The average Bonchev–Trinajstić information content (AvgIpc) is 3.83. The van der Waals surface area contributed by atoms with E-state index in [1.54, 1.807) is 0 Å². The molecule has 0 aliphatic rings. The van der Waals surface area contributed by atoms with E-state index in [1.165, 1.54) is 42.4 Å². The van der Waals surface area contributed by atoms with E-state index >= 15 is 0 Å². The number of thiophene rings is 1. The van der Waals surface area contributed by atoms with Gasteiger partial charge in [-0.3, -0.25) is 0 Å². The standard InChI is InChI=1S/C67H49N3S/c1-68(55-24-10-4-11-25-55)63-29-17-30-64(67(63)52-20-8-3-9-21-52)70(58-40-32-49(33-41-58)48-18-6-2-7-19-48)59-42-36-51(37-43-59)54-23-16-22-53(46-54)50-34-38-57(39-35-50)69(56-26-12-5-13-27-56)60-44-45-66-62(47-60)61-28-14-15-31-65(61)71-66/h2-47H,1H3. The lowest BCUT2D eigenvalue weighted by molar-refractivity contribution is 1.20. The van der Waals surface area contributed by atoms with Gasteiger partial charge in [0.15, 0.2) is 0 Å². The Bertz CT molecular complexity index is 3740. The van der Waals surface area contributed by atoms with Crippen LogP contribution in [-0.2, 0) is 0 Å². The number of hydrogen-bond acceptors (Lipinski definition) is 4. The Morgan fingerprint density at radius 1 is 0.254 bits per heavy atom. The van der Waals surface area contributed by atoms with Crippen LogP contribution in [0.4, 0.5) is 45.5 Å². The van der Waals surface area contributed by atoms with E-state index in [0.29, 0.717) is 0 Å². The minimum absolute atomic E-state index is 1.07. The molecule has 0 amide bonds. The summed E-state index contributed by atoms with van der Waals surface area (Å²) >= 11 is 1.85. The summed E-state index contributed by atoms with van der Waals surface area (Å²) in [5.74, 6) is 0. The molecule has 1 aromatic heterocycles. The smallest absolute Gasteiger partial charge is 0.0561 e. The highest BCUT2D eigenvalue weighted by atomic mass is 32.1. The summed E-state index contributed by atoms with van der Waals surface area (Å²) in [5.41, 5.74) is 18.2. The first-order valence-corrected chi connectivity index (χ1v) is 24.9. The SMILES string of the molecule is CN(c1ccccc1)c1cccc(N(c2ccc(-c3ccccc3)cc2)c2ccc(-c3cccc(-c4ccc(N(c5ccccc5)c5ccc6sc7ccccc7c6c5)cc4)c3)cc2)c1-c1ccccc1. The lowest BCUT2D eigenvalue weighted by Gasteiger charge is -2.31. The molecule has 1 heterocycles. The van der Waals surface area contributed by atoms with Crippen molar-refractivity contribution in [3.05, 3.63) is 279 Å². The van der Waals surface area contributed by atoms with Crippen LogP contribution in [-0.4, -0.2) is 7.05 Å². The topological polar surface area (TPSA) is 9.72 Å². The second-order valence-corrected chi connectivity index (χ2v) is 18.9. The number of para-hydroxylation sites is 2. The van der Waals surface area contributed by atoms with Crippen molar-refractivity contribution in [1.82, 2.24) is 0 Å². The molecule has 71 heavy (non-hydrogen) atoms. The fourth-order valence-electron chi connectivity index (χ4n) is 9.91. The Labute approximate surface area is 420 Å². The third kappa shape index (κ3) is 8.63. The second kappa shape index (κ2) is 19.2. The Balaban J connectivity index is 0.897. The van der Waals surface area contributed by atoms with Crippen LogP contribution in [0.5, 0.6) is 0 Å². The number of benzene rings is 11. The van der Waals surface area contributed by atoms with Gasteiger partial charge in [-0.1, -0.05) is 176 Å². The maximum Gasteiger partial charge on any atom is 0.0561 e. The minimum Gasteiger partial charge on any atom is -0.344 e. The van der Waals surface area contributed by atoms with E-state index in [1.807, 2.05) is 11.3 Å². The molecular weight excluding hydrogens is 879 g/mol. The maximum atomic E-state index is 2.40. The number of hydrogen-bond donors (Lipinski definition) is 0. The molecule has 338 valence electrons. The third-order valence-electron chi connectivity index (χ3n) is 13.5. The van der Waals surface area contributed by atoms with E-state index in [-0.39, 0.29) is 0 Å². The molecule has 12 aromatic rings. The highest BCUT2D eigenvalue weighted by Gasteiger charge is 2.23. The van der Waals surface area contributed by atoms with Crippen LogP contribution in [0.15, 0.2) is 279 Å². The summed E-state index contributed by atoms with van der Waals surface area (Å²) in [6.07, 6.45) is 0. The van der Waals surface area contributed by atoms with E-state index in [9.17, 15) is 0 Å². The van der Waals surface area contributed by atoms with Gasteiger partial charge in [-0.25, -0.2) is 0 Å². The van der Waals surface area contributed by atoms with Gasteiger partial charge in [-0.05, 0) is 142 Å². The number of nitrogens with zero attached hydrogens (tertiary/aromatic N) is 3. The molecule has 11 aromatic carbocycles. The van der Waals surface area contributed by atoms with Crippen molar-refractivity contribution in [3.63, 3.8) is 0 Å². The Hall–Kier alpha value is -8.96. The molecule has 0 unspecified atom stereocenters. The minimum atomic E-state index is 1.07. The summed E-state index contributed by atoms with van der Waals surface area (Å²) in [7, 11) is 2.16. The van der Waals surface area contributed by atoms with Crippen molar-refractivity contribution in [1.29, 1.82) is 0 Å². The van der Waals surface area contributed by atoms with Crippen molar-refractivity contribution in [3.8, 4) is 44.5 Å². The van der Waals surface area contributed by atoms with Gasteiger partial charge >= 0.3 is 0 Å². The Morgan fingerprint density at radius 3 is 1.27 bits per heavy atom. The number of anilines is 8. The molecule has 0 bridgehead atoms. The molecule has 0 radical (unpaired) electrons. The largest absolute Gasteiger partial charge is 0.344 e. The van der Waals surface area contributed by atoms with E-state index in [0.717, 1.165) is 67.8 Å². The van der Waals surface area contributed by atoms with Gasteiger partial charge in [0.25, 0.3) is 0 Å². The van der Waals surface area contributed by atoms with Crippen LogP contribution < -0.4 is 14.7 Å². The second-order valence-electron chi connectivity index (χ2n) is 17.8. The van der Waals surface area contributed by atoms with Gasteiger partial charge in [0.2, 0.25) is 0 Å². The fraction of sp³-hybridized carbons (Fsp3) is 0.0149. The van der Waals surface area contributed by atoms with Crippen molar-refractivity contribution in [2.45, 2.75) is 0 Å². The molecule has 0 N–H and O–H groups in total. The highest BCUT2D eigenvalue weighted by Crippen LogP contribution is 2.47. The molecule has 0 saturated heterocycles. The van der Waals surface area contributed by atoms with Crippen LogP contribution in [0.2, 0.25) is 0 Å². The zero-order chi connectivity index (χ0) is 47.5. The molecule has 0 spiro atoms. The highest BCUT2D eigenvalue weighted by molar-refractivity contribution is 7.25. The fourth-order valence-corrected chi connectivity index (χ4v) is 11.0. The lowest BCUT2D eigenvalue weighted by atomic mass is 9.97. The molecule has 0 aliphatic carbocycles. The molecule has 12 rings (SSSR count). The van der Waals surface area contributed by atoms with E-state index in [4.69, 9.17) is 0 Å². The number of rotatable bonds is 12. The summed E-state index contributed by atoms with van der Waals surface area (Å²) in [5, 5.41) is 2.58. The maximum absolute atomic E-state index is 2.40. The normalized spacial score (nSPS) is 11.2. The first-order valence-electron chi connectivity index (χ1n) is 24.1. The zero-order valence-corrected chi connectivity index (χ0v) is 40.1. The Morgan fingerprint density at radius 2 is 0.662 bits per heavy atom. The first-order chi connectivity index (χ1) is 35.1. The van der Waals surface area contributed by atoms with Crippen molar-refractivity contribution in [2.75, 3.05) is 21.7 Å². The van der Waals surface area contributed by atoms with Gasteiger partial charge in [-0.15, -0.1) is 11.3 Å². The van der Waals surface area contributed by atoms with Crippen LogP contribution >= 0.6 is 11.3 Å². The summed E-state index contributed by atoms with van der Waals surface area (Å²) in [4.78, 5) is 7.05. The monoisotopic (exact) mass is 927 g/mol. The molecule has 0 atom stereocenters. The quantitative estimate of drug-likeness (QED) is 0.121. The van der Waals surface area contributed by atoms with Crippen LogP contribution in [0.25, 0.3) is 64.7 Å². The van der Waals surface area contributed by atoms with Gasteiger partial charge in [-0.2, -0.15) is 0 Å². The third-order valence-corrected chi connectivity index (χ3v) is 14.6. The van der Waals surface area contributed by atoms with Crippen LogP contribution in [0.1, 0.15) is 0 Å². The predicted molar refractivity (Wildman–Crippen MR) is 305 cm³/mol. The predicted octanol–water partition coefficient (Wildman–Crippen LogP) is 19.4. The Kier molecular flexibility index (Phi) is 11.7. The van der Waals surface area contributed by atoms with Crippen LogP contribution in [0, 0.1) is 0 Å². The summed E-state index contributed by atoms with van der Waals surface area (Å²) in [6, 6.07) is 101. The first kappa shape index (κ1) is 43.3. The van der Waals surface area contributed by atoms with E-state index in [2.05, 4.69) is 301 Å².